The van der Waals surface area contributed by atoms with Gasteiger partial charge in [-0.15, -0.1) is 0 Å². The van der Waals surface area contributed by atoms with E-state index in [0.717, 1.165) is 11.3 Å². The Morgan fingerprint density at radius 3 is 2.79 bits per heavy atom. The van der Waals surface area contributed by atoms with Crippen molar-refractivity contribution in [1.29, 1.82) is 5.26 Å². The highest BCUT2D eigenvalue weighted by atomic mass is 16.7. The molecule has 1 aliphatic carbocycles. The van der Waals surface area contributed by atoms with Crippen molar-refractivity contribution in [3.05, 3.63) is 70.7 Å². The molecule has 7 nitrogen and oxygen atoms in total. The van der Waals surface area contributed by atoms with Crippen molar-refractivity contribution in [1.82, 2.24) is 0 Å². The Morgan fingerprint density at radius 2 is 2.00 bits per heavy atom. The van der Waals surface area contributed by atoms with Crippen molar-refractivity contribution in [2.24, 2.45) is 5.73 Å². The second-order valence-corrected chi connectivity index (χ2v) is 6.92. The molecule has 2 aliphatic heterocycles. The number of nitrogens with zero attached hydrogens (tertiary/aromatic N) is 1. The molecule has 0 unspecified atom stereocenters. The van der Waals surface area contributed by atoms with E-state index in [-0.39, 0.29) is 36.4 Å². The molecular weight excluding hydrogens is 360 g/mol. The lowest BCUT2D eigenvalue weighted by Gasteiger charge is -2.33. The molecule has 0 fully saturated rings. The zero-order valence-corrected chi connectivity index (χ0v) is 14.8. The van der Waals surface area contributed by atoms with Crippen molar-refractivity contribution < 1.29 is 23.4 Å². The summed E-state index contributed by atoms with van der Waals surface area (Å²) in [4.78, 5) is 13.1. The number of fused-ring (bicyclic) bond motifs is 1. The molecule has 3 aliphatic rings. The molecule has 28 heavy (non-hydrogen) atoms. The normalized spacial score (nSPS) is 23.3. The quantitative estimate of drug-likeness (QED) is 0.857. The van der Waals surface area contributed by atoms with E-state index >= 15 is 0 Å². The van der Waals surface area contributed by atoms with Crippen LogP contribution in [0.15, 0.2) is 63.8 Å². The number of allylic oxidation sites excluding steroid dienone is 3. The molecule has 5 rings (SSSR count). The highest BCUT2D eigenvalue weighted by molar-refractivity contribution is 6.00. The molecule has 0 amide bonds. The van der Waals surface area contributed by atoms with Crippen LogP contribution in [0.25, 0.3) is 0 Å². The van der Waals surface area contributed by atoms with Crippen LogP contribution >= 0.6 is 0 Å². The predicted molar refractivity (Wildman–Crippen MR) is 95.9 cm³/mol. The van der Waals surface area contributed by atoms with Crippen LogP contribution in [0.1, 0.15) is 36.0 Å². The molecule has 0 spiro atoms. The molecule has 0 bridgehead atoms. The Kier molecular flexibility index (Phi) is 3.66. The number of ether oxygens (including phenoxy) is 3. The van der Waals surface area contributed by atoms with Crippen molar-refractivity contribution in [3.63, 3.8) is 0 Å². The van der Waals surface area contributed by atoms with E-state index in [1.807, 2.05) is 12.1 Å². The number of carbonyl (C=O) groups is 1. The number of hydrogen-bond donors (Lipinski definition) is 1. The van der Waals surface area contributed by atoms with Crippen molar-refractivity contribution in [3.8, 4) is 17.6 Å². The van der Waals surface area contributed by atoms with Gasteiger partial charge in [-0.2, -0.15) is 5.26 Å². The maximum atomic E-state index is 13.1. The fourth-order valence-corrected chi connectivity index (χ4v) is 4.06. The fraction of sp³-hybridized carbons (Fsp3) is 0.238. The Balaban J connectivity index is 1.60. The average molecular weight is 376 g/mol. The average Bonchev–Trinajstić information content (AvgIpc) is 3.38. The monoisotopic (exact) mass is 376 g/mol. The van der Waals surface area contributed by atoms with Gasteiger partial charge in [0, 0.05) is 24.3 Å². The van der Waals surface area contributed by atoms with E-state index in [1.165, 1.54) is 0 Å². The van der Waals surface area contributed by atoms with Gasteiger partial charge < -0.3 is 24.4 Å². The van der Waals surface area contributed by atoms with Gasteiger partial charge in [-0.05, 0) is 29.8 Å². The molecule has 1 aromatic carbocycles. The van der Waals surface area contributed by atoms with Gasteiger partial charge in [-0.3, -0.25) is 4.79 Å². The second-order valence-electron chi connectivity index (χ2n) is 6.92. The predicted octanol–water partition coefficient (Wildman–Crippen LogP) is 3.22. The van der Waals surface area contributed by atoms with Crippen molar-refractivity contribution in [2.45, 2.75) is 24.7 Å². The Bertz CT molecular complexity index is 1070. The third-order valence-electron chi connectivity index (χ3n) is 5.34. The summed E-state index contributed by atoms with van der Waals surface area (Å²) in [7, 11) is 0. The molecule has 0 radical (unpaired) electrons. The van der Waals surface area contributed by atoms with Gasteiger partial charge in [-0.1, -0.05) is 6.07 Å². The number of nitrogens with two attached hydrogens (primary N) is 1. The zero-order valence-electron chi connectivity index (χ0n) is 14.8. The Hall–Kier alpha value is -3.66. The molecule has 7 heteroatoms. The van der Waals surface area contributed by atoms with E-state index in [9.17, 15) is 10.1 Å². The molecule has 0 saturated carbocycles. The van der Waals surface area contributed by atoms with Gasteiger partial charge in [0.2, 0.25) is 12.7 Å². The lowest BCUT2D eigenvalue weighted by molar-refractivity contribution is -0.117. The molecular formula is C21H16N2O5. The van der Waals surface area contributed by atoms with Crippen LogP contribution in [0.4, 0.5) is 0 Å². The van der Waals surface area contributed by atoms with Crippen molar-refractivity contribution >= 4 is 5.78 Å². The molecule has 140 valence electrons. The van der Waals surface area contributed by atoms with Gasteiger partial charge in [0.25, 0.3) is 0 Å². The van der Waals surface area contributed by atoms with Crippen LogP contribution in [-0.2, 0) is 9.53 Å². The van der Waals surface area contributed by atoms with Crippen LogP contribution in [0.2, 0.25) is 0 Å². The topological polar surface area (TPSA) is 108 Å². The maximum absolute atomic E-state index is 13.1. The van der Waals surface area contributed by atoms with Gasteiger partial charge in [0.1, 0.15) is 23.2 Å². The summed E-state index contributed by atoms with van der Waals surface area (Å²) < 4.78 is 22.0. The first-order chi connectivity index (χ1) is 13.7. The minimum Gasteiger partial charge on any atom is -0.469 e. The van der Waals surface area contributed by atoms with Gasteiger partial charge in [0.05, 0.1) is 12.2 Å². The van der Waals surface area contributed by atoms with E-state index in [1.54, 1.807) is 24.5 Å². The number of benzene rings is 1. The first-order valence-corrected chi connectivity index (χ1v) is 8.92. The third-order valence-corrected chi connectivity index (χ3v) is 5.34. The molecule has 2 atom stereocenters. The van der Waals surface area contributed by atoms with Crippen LogP contribution in [0, 0.1) is 11.3 Å². The summed E-state index contributed by atoms with van der Waals surface area (Å²) in [6, 6.07) is 11.1. The summed E-state index contributed by atoms with van der Waals surface area (Å²) in [5, 5.41) is 9.69. The van der Waals surface area contributed by atoms with Crippen molar-refractivity contribution in [2.75, 3.05) is 6.79 Å². The SMILES string of the molecule is N#CC1=C(N)OC2=C(C(=O)C[C@H](c3ccco3)C2)[C@@H]1c1ccc2c(c1)OCO2. The fourth-order valence-electron chi connectivity index (χ4n) is 4.06. The molecule has 3 heterocycles. The maximum Gasteiger partial charge on any atom is 0.231 e. The number of rotatable bonds is 2. The highest BCUT2D eigenvalue weighted by Crippen LogP contribution is 2.48. The lowest BCUT2D eigenvalue weighted by Crippen LogP contribution is -2.29. The number of furan rings is 1. The van der Waals surface area contributed by atoms with E-state index in [4.69, 9.17) is 24.4 Å². The smallest absolute Gasteiger partial charge is 0.231 e. The zero-order chi connectivity index (χ0) is 19.3. The number of hydrogen-bond acceptors (Lipinski definition) is 7. The van der Waals surface area contributed by atoms with Crippen LogP contribution in [-0.4, -0.2) is 12.6 Å². The summed E-state index contributed by atoms with van der Waals surface area (Å²) in [5.41, 5.74) is 7.50. The summed E-state index contributed by atoms with van der Waals surface area (Å²) in [6.07, 6.45) is 2.35. The van der Waals surface area contributed by atoms with Crippen LogP contribution in [0.3, 0.4) is 0 Å². The Morgan fingerprint density at radius 1 is 1.14 bits per heavy atom. The number of ketones is 1. The number of carbonyl (C=O) groups excluding carboxylic acids is 1. The summed E-state index contributed by atoms with van der Waals surface area (Å²) in [6.45, 7) is 0.146. The first-order valence-electron chi connectivity index (χ1n) is 8.92. The van der Waals surface area contributed by atoms with Gasteiger partial charge in [-0.25, -0.2) is 0 Å². The second kappa shape index (κ2) is 6.20. The molecule has 2 N–H and O–H groups in total. The van der Waals surface area contributed by atoms with E-state index in [2.05, 4.69) is 6.07 Å². The largest absolute Gasteiger partial charge is 0.469 e. The molecule has 0 saturated heterocycles. The molecule has 2 aromatic rings. The lowest BCUT2D eigenvalue weighted by atomic mass is 9.74. The van der Waals surface area contributed by atoms with Gasteiger partial charge >= 0.3 is 0 Å². The molecule has 1 aromatic heterocycles. The Labute approximate surface area is 160 Å². The minimum absolute atomic E-state index is 0.0248. The third kappa shape index (κ3) is 2.46. The number of nitriles is 1. The number of Topliss-reactive ketones (excluding diaryl/α,β-unsaturated/α-hetero) is 1. The van der Waals surface area contributed by atoms with Gasteiger partial charge in [0.15, 0.2) is 17.3 Å². The minimum atomic E-state index is -0.590. The van der Waals surface area contributed by atoms with Crippen LogP contribution in [0.5, 0.6) is 11.5 Å². The summed E-state index contributed by atoms with van der Waals surface area (Å²) in [5.74, 6) is 1.69. The van der Waals surface area contributed by atoms with Crippen LogP contribution < -0.4 is 15.2 Å². The standard InChI is InChI=1S/C21H16N2O5/c22-9-13-19(11-3-4-16-17(7-11)27-10-26-16)20-14(24)6-12(15-2-1-5-25-15)8-18(20)28-21(13)23/h1-5,7,12,19H,6,8,10,23H2/t12-,19+/m0/s1. The van der Waals surface area contributed by atoms with E-state index < -0.39 is 5.92 Å². The summed E-state index contributed by atoms with van der Waals surface area (Å²) >= 11 is 0. The van der Waals surface area contributed by atoms with E-state index in [0.29, 0.717) is 29.3 Å². The highest BCUT2D eigenvalue weighted by Gasteiger charge is 2.41. The first kappa shape index (κ1) is 16.5.